The van der Waals surface area contributed by atoms with Crippen LogP contribution in [0.3, 0.4) is 0 Å². The molecule has 0 aromatic heterocycles. The third-order valence-corrected chi connectivity index (χ3v) is 4.84. The predicted molar refractivity (Wildman–Crippen MR) is 112 cm³/mol. The van der Waals surface area contributed by atoms with E-state index in [1.165, 1.54) is 18.2 Å². The Morgan fingerprint density at radius 2 is 1.75 bits per heavy atom. The van der Waals surface area contributed by atoms with Gasteiger partial charge in [-0.2, -0.15) is 0 Å². The Hall–Kier alpha value is -2.58. The Morgan fingerprint density at radius 3 is 2.36 bits per heavy atom. The lowest BCUT2D eigenvalue weighted by atomic mass is 10.1. The maximum absolute atomic E-state index is 12.6. The molecule has 1 atom stereocenters. The van der Waals surface area contributed by atoms with Crippen molar-refractivity contribution in [2.24, 2.45) is 0 Å². The quantitative estimate of drug-likeness (QED) is 0.633. The molecule has 0 aliphatic carbocycles. The van der Waals surface area contributed by atoms with E-state index in [1.807, 2.05) is 13.8 Å². The molecule has 2 aromatic carbocycles. The van der Waals surface area contributed by atoms with Crippen molar-refractivity contribution in [3.8, 4) is 0 Å². The lowest BCUT2D eigenvalue weighted by Crippen LogP contribution is -2.32. The molecule has 0 spiro atoms. The molecular formula is C19H22ClN3O4S. The second-order valence-corrected chi connectivity index (χ2v) is 8.51. The van der Waals surface area contributed by atoms with Crippen LogP contribution in [0.25, 0.3) is 0 Å². The first-order chi connectivity index (χ1) is 13.1. The topological polar surface area (TPSA) is 104 Å². The summed E-state index contributed by atoms with van der Waals surface area (Å²) in [7, 11) is -3.49. The molecule has 0 radical (unpaired) electrons. The van der Waals surface area contributed by atoms with Gasteiger partial charge in [-0.3, -0.25) is 14.3 Å². The molecule has 2 rings (SSSR count). The minimum absolute atomic E-state index is 0.00459. The molecule has 7 nitrogen and oxygen atoms in total. The molecule has 3 N–H and O–H groups in total. The zero-order valence-corrected chi connectivity index (χ0v) is 17.3. The van der Waals surface area contributed by atoms with E-state index < -0.39 is 15.9 Å². The van der Waals surface area contributed by atoms with Gasteiger partial charge in [-0.05, 0) is 43.7 Å². The van der Waals surface area contributed by atoms with Gasteiger partial charge in [-0.15, -0.1) is 0 Å². The van der Waals surface area contributed by atoms with Gasteiger partial charge in [-0.25, -0.2) is 8.42 Å². The molecule has 0 saturated heterocycles. The zero-order chi connectivity index (χ0) is 20.9. The van der Waals surface area contributed by atoms with Gasteiger partial charge < -0.3 is 10.6 Å². The summed E-state index contributed by atoms with van der Waals surface area (Å²) >= 11 is 6.07. The third kappa shape index (κ3) is 5.97. The molecule has 2 aromatic rings. The number of hydrogen-bond donors (Lipinski definition) is 3. The van der Waals surface area contributed by atoms with Crippen molar-refractivity contribution in [3.63, 3.8) is 0 Å². The average molecular weight is 424 g/mol. The Labute approximate surface area is 169 Å². The Morgan fingerprint density at radius 1 is 1.07 bits per heavy atom. The fourth-order valence-electron chi connectivity index (χ4n) is 2.33. The van der Waals surface area contributed by atoms with Crippen LogP contribution in [0.5, 0.6) is 0 Å². The van der Waals surface area contributed by atoms with Crippen LogP contribution < -0.4 is 15.4 Å². The van der Waals surface area contributed by atoms with Crippen LogP contribution in [0.1, 0.15) is 41.0 Å². The van der Waals surface area contributed by atoms with E-state index in [0.717, 1.165) is 12.7 Å². The highest BCUT2D eigenvalue weighted by molar-refractivity contribution is 7.92. The number of hydrogen-bond acceptors (Lipinski definition) is 4. The molecule has 150 valence electrons. The van der Waals surface area contributed by atoms with E-state index >= 15 is 0 Å². The minimum atomic E-state index is -3.49. The van der Waals surface area contributed by atoms with Crippen LogP contribution >= 0.6 is 11.6 Å². The first-order valence-electron chi connectivity index (χ1n) is 8.59. The Balaban J connectivity index is 2.22. The molecule has 0 bridgehead atoms. The molecule has 2 amide bonds. The molecule has 28 heavy (non-hydrogen) atoms. The van der Waals surface area contributed by atoms with Gasteiger partial charge in [0.15, 0.2) is 0 Å². The van der Waals surface area contributed by atoms with Crippen molar-refractivity contribution in [2.45, 2.75) is 26.3 Å². The van der Waals surface area contributed by atoms with Crippen molar-refractivity contribution in [2.75, 3.05) is 16.3 Å². The number of sulfonamides is 1. The summed E-state index contributed by atoms with van der Waals surface area (Å²) in [6.07, 6.45) is 1.79. The number of benzene rings is 2. The van der Waals surface area contributed by atoms with Crippen molar-refractivity contribution < 1.29 is 18.0 Å². The summed E-state index contributed by atoms with van der Waals surface area (Å²) in [5.74, 6) is -0.757. The first kappa shape index (κ1) is 21.7. The van der Waals surface area contributed by atoms with Gasteiger partial charge >= 0.3 is 0 Å². The summed E-state index contributed by atoms with van der Waals surface area (Å²) < 4.78 is 24.9. The molecule has 9 heteroatoms. The van der Waals surface area contributed by atoms with Crippen LogP contribution in [0.2, 0.25) is 5.02 Å². The number of carbonyl (C=O) groups is 2. The number of nitrogens with one attached hydrogen (secondary N) is 3. The Bertz CT molecular complexity index is 992. The van der Waals surface area contributed by atoms with Crippen LogP contribution in [-0.4, -0.2) is 32.5 Å². The average Bonchev–Trinajstić information content (AvgIpc) is 2.62. The van der Waals surface area contributed by atoms with Gasteiger partial charge in [0.25, 0.3) is 11.8 Å². The molecule has 0 unspecified atom stereocenters. The molecular weight excluding hydrogens is 402 g/mol. The normalized spacial score (nSPS) is 12.1. The van der Waals surface area contributed by atoms with Crippen molar-refractivity contribution in [1.29, 1.82) is 0 Å². The van der Waals surface area contributed by atoms with Crippen molar-refractivity contribution >= 4 is 44.8 Å². The molecule has 0 fully saturated rings. The SMILES string of the molecule is CC[C@@H](C)NC(=O)c1ccccc1NC(=O)c1ccc(NS(C)(=O)=O)c(Cl)c1. The number of amides is 2. The fourth-order valence-corrected chi connectivity index (χ4v) is 3.19. The predicted octanol–water partition coefficient (Wildman–Crippen LogP) is 3.49. The summed E-state index contributed by atoms with van der Waals surface area (Å²) in [4.78, 5) is 25.0. The Kier molecular flexibility index (Phi) is 7.04. The smallest absolute Gasteiger partial charge is 0.255 e. The highest BCUT2D eigenvalue weighted by atomic mass is 35.5. The monoisotopic (exact) mass is 423 g/mol. The summed E-state index contributed by atoms with van der Waals surface area (Å²) in [6, 6.07) is 10.9. The summed E-state index contributed by atoms with van der Waals surface area (Å²) in [6.45, 7) is 3.86. The summed E-state index contributed by atoms with van der Waals surface area (Å²) in [5, 5.41) is 5.64. The van der Waals surface area contributed by atoms with Crippen molar-refractivity contribution in [1.82, 2.24) is 5.32 Å². The lowest BCUT2D eigenvalue weighted by molar-refractivity contribution is 0.0940. The number of carbonyl (C=O) groups excluding carboxylic acids is 2. The van der Waals surface area contributed by atoms with Crippen LogP contribution in [0.15, 0.2) is 42.5 Å². The highest BCUT2D eigenvalue weighted by Crippen LogP contribution is 2.25. The summed E-state index contributed by atoms with van der Waals surface area (Å²) in [5.41, 5.74) is 1.11. The number of rotatable bonds is 7. The molecule has 0 saturated carbocycles. The van der Waals surface area contributed by atoms with E-state index in [4.69, 9.17) is 11.6 Å². The molecule has 0 aliphatic heterocycles. The van der Waals surface area contributed by atoms with Crippen LogP contribution in [-0.2, 0) is 10.0 Å². The number of anilines is 2. The van der Waals surface area contributed by atoms with E-state index in [2.05, 4.69) is 15.4 Å². The lowest BCUT2D eigenvalue weighted by Gasteiger charge is -2.15. The van der Waals surface area contributed by atoms with E-state index in [-0.39, 0.29) is 28.2 Å². The maximum Gasteiger partial charge on any atom is 0.255 e. The van der Waals surface area contributed by atoms with Gasteiger partial charge in [0, 0.05) is 11.6 Å². The minimum Gasteiger partial charge on any atom is -0.350 e. The van der Waals surface area contributed by atoms with Gasteiger partial charge in [0.2, 0.25) is 10.0 Å². The van der Waals surface area contributed by atoms with Crippen LogP contribution in [0.4, 0.5) is 11.4 Å². The number of halogens is 1. The molecule has 0 heterocycles. The van der Waals surface area contributed by atoms with Crippen LogP contribution in [0, 0.1) is 0 Å². The highest BCUT2D eigenvalue weighted by Gasteiger charge is 2.16. The molecule has 0 aliphatic rings. The maximum atomic E-state index is 12.6. The van der Waals surface area contributed by atoms with E-state index in [0.29, 0.717) is 11.3 Å². The first-order valence-corrected chi connectivity index (χ1v) is 10.9. The van der Waals surface area contributed by atoms with Gasteiger partial charge in [0.05, 0.1) is 28.2 Å². The second kappa shape index (κ2) is 9.07. The largest absolute Gasteiger partial charge is 0.350 e. The zero-order valence-electron chi connectivity index (χ0n) is 15.7. The van der Waals surface area contributed by atoms with E-state index in [9.17, 15) is 18.0 Å². The third-order valence-electron chi connectivity index (χ3n) is 3.94. The van der Waals surface area contributed by atoms with E-state index in [1.54, 1.807) is 24.3 Å². The van der Waals surface area contributed by atoms with Gasteiger partial charge in [0.1, 0.15) is 0 Å². The number of para-hydroxylation sites is 1. The second-order valence-electron chi connectivity index (χ2n) is 6.35. The standard InChI is InChI=1S/C19H22ClN3O4S/c1-4-12(2)21-19(25)14-7-5-6-8-16(14)22-18(24)13-9-10-17(15(20)11-13)23-28(3,26)27/h5-12,23H,4H2,1-3H3,(H,21,25)(H,22,24)/t12-/m1/s1. The fraction of sp³-hybridized carbons (Fsp3) is 0.263. The van der Waals surface area contributed by atoms with Gasteiger partial charge in [-0.1, -0.05) is 30.7 Å². The van der Waals surface area contributed by atoms with Crippen molar-refractivity contribution in [3.05, 3.63) is 58.6 Å².